The highest BCUT2D eigenvalue weighted by atomic mass is 16.7. The Bertz CT molecular complexity index is 1440. The number of rotatable bonds is 44. The van der Waals surface area contributed by atoms with Crippen molar-refractivity contribution in [1.29, 1.82) is 0 Å². The number of hydrogen-bond acceptors (Lipinski definition) is 15. The molecule has 0 bridgehead atoms. The Hall–Kier alpha value is -2.54. The summed E-state index contributed by atoms with van der Waals surface area (Å²) >= 11 is 0. The standard InChI is InChI=1S/C57H100O15/c1-3-5-7-9-11-13-15-17-19-21-22-24-25-27-29-31-33-35-37-39-48(59)67-42-45(70-49(60)40-38-36-34-32-30-28-26-23-20-18-16-14-12-10-8-6-4-2)43-68-56-55(66)53(64)51(62)47(72-56)44-69-57-54(65)52(63)50(61)46(41-58)71-57/h17-20,26,28,32,34,45-47,50-58,61-66H,3-16,21-25,27,29-31,33,35-44H2,1-2H3/b19-17+,20-18+,28-26+,34-32+/t45-,46+,47+,50-,51-,52?,53?,54?,55?,56+,57+/m0/s1. The number of carbonyl (C=O) groups is 2. The van der Waals surface area contributed by atoms with Crippen LogP contribution in [0.2, 0.25) is 0 Å². The first-order valence-corrected chi connectivity index (χ1v) is 28.2. The second kappa shape index (κ2) is 43.7. The number of hydrogen-bond donors (Lipinski definition) is 7. The molecule has 0 radical (unpaired) electrons. The maximum Gasteiger partial charge on any atom is 0.306 e. The molecule has 418 valence electrons. The van der Waals surface area contributed by atoms with Gasteiger partial charge in [-0.3, -0.25) is 9.59 Å². The first-order valence-electron chi connectivity index (χ1n) is 28.2. The number of ether oxygens (including phenoxy) is 6. The third-order valence-electron chi connectivity index (χ3n) is 13.3. The smallest absolute Gasteiger partial charge is 0.306 e. The van der Waals surface area contributed by atoms with Gasteiger partial charge in [0.05, 0.1) is 19.8 Å². The molecule has 0 spiro atoms. The minimum Gasteiger partial charge on any atom is -0.462 e. The van der Waals surface area contributed by atoms with E-state index in [2.05, 4.69) is 56.4 Å². The number of allylic oxidation sites excluding steroid dienone is 8. The molecule has 11 atom stereocenters. The lowest BCUT2D eigenvalue weighted by Crippen LogP contribution is -2.61. The first-order chi connectivity index (χ1) is 35.0. The van der Waals surface area contributed by atoms with E-state index in [1.807, 2.05) is 6.08 Å². The molecule has 15 nitrogen and oxygen atoms in total. The predicted molar refractivity (Wildman–Crippen MR) is 280 cm³/mol. The largest absolute Gasteiger partial charge is 0.462 e. The van der Waals surface area contributed by atoms with Crippen LogP contribution in [0.4, 0.5) is 0 Å². The van der Waals surface area contributed by atoms with Crippen molar-refractivity contribution in [1.82, 2.24) is 0 Å². The van der Waals surface area contributed by atoms with Gasteiger partial charge in [-0.05, 0) is 70.6 Å². The average molecular weight is 1030 g/mol. The number of esters is 2. The van der Waals surface area contributed by atoms with Gasteiger partial charge in [0.2, 0.25) is 0 Å². The highest BCUT2D eigenvalue weighted by molar-refractivity contribution is 5.70. The summed E-state index contributed by atoms with van der Waals surface area (Å²) < 4.78 is 33.6. The monoisotopic (exact) mass is 1020 g/mol. The van der Waals surface area contributed by atoms with Crippen LogP contribution in [0.5, 0.6) is 0 Å². The first kappa shape index (κ1) is 65.6. The van der Waals surface area contributed by atoms with Gasteiger partial charge in [-0.25, -0.2) is 0 Å². The highest BCUT2D eigenvalue weighted by Gasteiger charge is 2.47. The quantitative estimate of drug-likeness (QED) is 0.0171. The molecule has 2 aliphatic heterocycles. The van der Waals surface area contributed by atoms with Gasteiger partial charge in [0.15, 0.2) is 18.7 Å². The number of aliphatic hydroxyl groups is 7. The predicted octanol–water partition coefficient (Wildman–Crippen LogP) is 9.05. The molecular formula is C57H100O15. The number of carbonyl (C=O) groups excluding carboxylic acids is 2. The summed E-state index contributed by atoms with van der Waals surface area (Å²) in [6.07, 6.45) is 32.8. The molecule has 2 aliphatic rings. The lowest BCUT2D eigenvalue weighted by Gasteiger charge is -2.42. The molecule has 0 aromatic heterocycles. The fourth-order valence-electron chi connectivity index (χ4n) is 8.64. The van der Waals surface area contributed by atoms with E-state index >= 15 is 0 Å². The van der Waals surface area contributed by atoms with E-state index in [1.165, 1.54) is 122 Å². The topological polar surface area (TPSA) is 231 Å². The summed E-state index contributed by atoms with van der Waals surface area (Å²) in [5.74, 6) is -0.985. The molecule has 2 heterocycles. The number of unbranched alkanes of at least 4 members (excludes halogenated alkanes) is 22. The molecule has 15 heteroatoms. The maximum atomic E-state index is 13.0. The normalized spacial score (nSPS) is 25.3. The summed E-state index contributed by atoms with van der Waals surface area (Å²) in [5, 5.41) is 72.2. The lowest BCUT2D eigenvalue weighted by molar-refractivity contribution is -0.332. The van der Waals surface area contributed by atoms with Crippen molar-refractivity contribution in [2.24, 2.45) is 0 Å². The second-order valence-corrected chi connectivity index (χ2v) is 19.8. The summed E-state index contributed by atoms with van der Waals surface area (Å²) in [7, 11) is 0. The molecule has 0 aromatic rings. The van der Waals surface area contributed by atoms with Crippen LogP contribution >= 0.6 is 0 Å². The van der Waals surface area contributed by atoms with Gasteiger partial charge >= 0.3 is 11.9 Å². The molecule has 2 saturated heterocycles. The zero-order valence-electron chi connectivity index (χ0n) is 44.4. The van der Waals surface area contributed by atoms with Crippen molar-refractivity contribution in [3.8, 4) is 0 Å². The van der Waals surface area contributed by atoms with Crippen molar-refractivity contribution in [3.05, 3.63) is 48.6 Å². The highest BCUT2D eigenvalue weighted by Crippen LogP contribution is 2.26. The molecule has 7 N–H and O–H groups in total. The van der Waals surface area contributed by atoms with Crippen LogP contribution in [0.3, 0.4) is 0 Å². The van der Waals surface area contributed by atoms with Crippen molar-refractivity contribution >= 4 is 11.9 Å². The maximum absolute atomic E-state index is 13.0. The van der Waals surface area contributed by atoms with E-state index in [4.69, 9.17) is 28.4 Å². The molecular weight excluding hydrogens is 925 g/mol. The van der Waals surface area contributed by atoms with Gasteiger partial charge in [-0.15, -0.1) is 0 Å². The summed E-state index contributed by atoms with van der Waals surface area (Å²) in [5.41, 5.74) is 0. The fraction of sp³-hybridized carbons (Fsp3) is 0.825. The van der Waals surface area contributed by atoms with Gasteiger partial charge in [0.1, 0.15) is 55.4 Å². The Balaban J connectivity index is 1.79. The zero-order chi connectivity index (χ0) is 52.4. The van der Waals surface area contributed by atoms with Crippen LogP contribution in [0, 0.1) is 0 Å². The summed E-state index contributed by atoms with van der Waals surface area (Å²) in [6.45, 7) is 2.54. The van der Waals surface area contributed by atoms with Crippen molar-refractivity contribution in [2.75, 3.05) is 26.4 Å². The molecule has 0 saturated carbocycles. The average Bonchev–Trinajstić information content (AvgIpc) is 3.37. The van der Waals surface area contributed by atoms with E-state index in [0.29, 0.717) is 19.3 Å². The Morgan fingerprint density at radius 2 is 0.847 bits per heavy atom. The lowest BCUT2D eigenvalue weighted by atomic mass is 9.98. The van der Waals surface area contributed by atoms with Crippen LogP contribution in [-0.2, 0) is 38.0 Å². The minimum atomic E-state index is -1.78. The molecule has 0 amide bonds. The number of aliphatic hydroxyl groups excluding tert-OH is 7. The Kier molecular flexibility index (Phi) is 39.8. The van der Waals surface area contributed by atoms with Gasteiger partial charge in [0, 0.05) is 12.8 Å². The zero-order valence-corrected chi connectivity index (χ0v) is 44.4. The van der Waals surface area contributed by atoms with Crippen LogP contribution in [0.1, 0.15) is 206 Å². The molecule has 2 rings (SSSR count). The van der Waals surface area contributed by atoms with Crippen LogP contribution < -0.4 is 0 Å². The third kappa shape index (κ3) is 30.7. The SMILES string of the molecule is CCCCCCCC/C=C/C/C=C/C/C=C/CCCC(=O)O[C@@H](COC(=O)CCCCCCCCCCC/C=C/CCCCCCCC)CO[C@@H]1O[C@H](CO[C@@H]2O[C@H](CO)[C@H](O)C(O)C2O)[C@H](O)C(O)C1O. The third-order valence-corrected chi connectivity index (χ3v) is 13.3. The second-order valence-electron chi connectivity index (χ2n) is 19.8. The van der Waals surface area contributed by atoms with E-state index in [-0.39, 0.29) is 19.4 Å². The van der Waals surface area contributed by atoms with Gasteiger partial charge in [-0.2, -0.15) is 0 Å². The molecule has 2 fully saturated rings. The fourth-order valence-corrected chi connectivity index (χ4v) is 8.64. The Morgan fingerprint density at radius 3 is 1.36 bits per heavy atom. The van der Waals surface area contributed by atoms with Gasteiger partial charge < -0.3 is 64.2 Å². The van der Waals surface area contributed by atoms with Crippen LogP contribution in [0.15, 0.2) is 48.6 Å². The van der Waals surface area contributed by atoms with Crippen LogP contribution in [-0.4, -0.2) is 142 Å². The molecule has 0 aliphatic carbocycles. The van der Waals surface area contributed by atoms with Crippen molar-refractivity contribution in [3.63, 3.8) is 0 Å². The van der Waals surface area contributed by atoms with E-state index in [0.717, 1.165) is 38.5 Å². The Morgan fingerprint density at radius 1 is 0.444 bits per heavy atom. The Labute approximate surface area is 433 Å². The van der Waals surface area contributed by atoms with Gasteiger partial charge in [0.25, 0.3) is 0 Å². The van der Waals surface area contributed by atoms with E-state index < -0.39 is 99.3 Å². The van der Waals surface area contributed by atoms with E-state index in [9.17, 15) is 45.3 Å². The molecule has 4 unspecified atom stereocenters. The van der Waals surface area contributed by atoms with Crippen LogP contribution in [0.25, 0.3) is 0 Å². The summed E-state index contributed by atoms with van der Waals surface area (Å²) in [4.78, 5) is 25.8. The van der Waals surface area contributed by atoms with Crippen molar-refractivity contribution in [2.45, 2.75) is 274 Å². The summed E-state index contributed by atoms with van der Waals surface area (Å²) in [6, 6.07) is 0. The minimum absolute atomic E-state index is 0.0928. The van der Waals surface area contributed by atoms with Gasteiger partial charge in [-0.1, -0.05) is 172 Å². The van der Waals surface area contributed by atoms with Crippen molar-refractivity contribution < 1.29 is 73.8 Å². The molecule has 72 heavy (non-hydrogen) atoms. The van der Waals surface area contributed by atoms with E-state index in [1.54, 1.807) is 0 Å². The molecule has 0 aromatic carbocycles.